The molecule has 15 aliphatic heterocycles. The Morgan fingerprint density at radius 2 is 0.875 bits per heavy atom. The molecule has 4 amide bonds. The topological polar surface area (TPSA) is 202 Å². The van der Waals surface area contributed by atoms with Gasteiger partial charge in [-0.15, -0.1) is 0 Å². The van der Waals surface area contributed by atoms with E-state index >= 15 is 0 Å². The molecule has 438 valence electrons. The lowest BCUT2D eigenvalue weighted by atomic mass is 9.87. The van der Waals surface area contributed by atoms with E-state index in [0.29, 0.717) is 32.8 Å². The van der Waals surface area contributed by atoms with Gasteiger partial charge in [-0.25, -0.2) is 29.3 Å². The predicted octanol–water partition coefficient (Wildman–Crippen LogP) is 6.01. The Morgan fingerprint density at radius 3 is 1.36 bits per heavy atom. The molecule has 4 saturated heterocycles. The number of nitrogens with zero attached hydrogens (tertiary/aromatic N) is 6. The van der Waals surface area contributed by atoms with E-state index in [1.165, 1.54) is 0 Å². The van der Waals surface area contributed by atoms with Crippen LogP contribution >= 0.6 is 0 Å². The zero-order chi connectivity index (χ0) is 58.7. The summed E-state index contributed by atoms with van der Waals surface area (Å²) in [7, 11) is 0. The van der Waals surface area contributed by atoms with E-state index in [2.05, 4.69) is 143 Å². The van der Waals surface area contributed by atoms with Gasteiger partial charge in [-0.2, -0.15) is 0 Å². The molecule has 88 heavy (non-hydrogen) atoms. The summed E-state index contributed by atoms with van der Waals surface area (Å²) in [5.74, 6) is -1.27. The van der Waals surface area contributed by atoms with Crippen molar-refractivity contribution in [3.05, 3.63) is 261 Å². The van der Waals surface area contributed by atoms with E-state index in [1.54, 1.807) is 37.8 Å². The van der Waals surface area contributed by atoms with Crippen LogP contribution in [0.25, 0.3) is 11.1 Å². The first-order valence-electron chi connectivity index (χ1n) is 29.7. The molecule has 0 spiro atoms. The van der Waals surface area contributed by atoms with Gasteiger partial charge in [-0.1, -0.05) is 115 Å². The van der Waals surface area contributed by atoms with Crippen molar-refractivity contribution in [3.63, 3.8) is 0 Å². The van der Waals surface area contributed by atoms with Gasteiger partial charge in [0.05, 0.1) is 42.2 Å². The fourth-order valence-electron chi connectivity index (χ4n) is 13.8. The summed E-state index contributed by atoms with van der Waals surface area (Å²) in [5.41, 5.74) is 12.9. The molecule has 12 atom stereocenters. The maximum Gasteiger partial charge on any atom is 0.261 e. The molecule has 0 saturated carbocycles. The molecule has 17 heterocycles. The summed E-state index contributed by atoms with van der Waals surface area (Å²) >= 11 is 0. The zero-order valence-corrected chi connectivity index (χ0v) is 47.1. The lowest BCUT2D eigenvalue weighted by molar-refractivity contribution is -0.376. The third-order valence-corrected chi connectivity index (χ3v) is 18.4. The molecule has 2 aromatic heterocycles. The minimum Gasteiger partial charge on any atom is -0.358 e. The van der Waals surface area contributed by atoms with Crippen molar-refractivity contribution in [1.29, 1.82) is 0 Å². The number of aromatic nitrogens is 2. The van der Waals surface area contributed by atoms with Gasteiger partial charge in [0.1, 0.15) is 0 Å². The van der Waals surface area contributed by atoms with E-state index in [0.717, 1.165) is 89.2 Å². The van der Waals surface area contributed by atoms with Crippen LogP contribution in [0.2, 0.25) is 0 Å². The van der Waals surface area contributed by atoms with Gasteiger partial charge >= 0.3 is 0 Å². The van der Waals surface area contributed by atoms with Crippen LogP contribution in [0, 0.1) is 5.92 Å². The molecule has 0 radical (unpaired) electrons. The van der Waals surface area contributed by atoms with E-state index in [9.17, 15) is 19.2 Å². The number of benzene rings is 4. The maximum absolute atomic E-state index is 13.4. The Hall–Kier alpha value is -9.44. The highest BCUT2D eigenvalue weighted by atomic mass is 17.2. The van der Waals surface area contributed by atoms with Crippen molar-refractivity contribution in [2.75, 3.05) is 6.61 Å². The molecule has 12 unspecified atom stereocenters. The first-order valence-corrected chi connectivity index (χ1v) is 29.7. The zero-order valence-electron chi connectivity index (χ0n) is 47.1. The smallest absolute Gasteiger partial charge is 0.261 e. The second kappa shape index (κ2) is 21.2. The molecule has 6 aromatic rings. The number of aliphatic imine (C=N–C) groups is 2. The van der Waals surface area contributed by atoms with Crippen LogP contribution in [0.5, 0.6) is 0 Å². The fourth-order valence-corrected chi connectivity index (χ4v) is 13.8. The minimum atomic E-state index is -0.765. The number of nitrogens with one attached hydrogen (secondary N) is 2. The Bertz CT molecular complexity index is 4270. The molecule has 21 rings (SSSR count). The molecular weight excluding hydrogens is 1120 g/mol. The Kier molecular flexibility index (Phi) is 12.7. The van der Waals surface area contributed by atoms with Gasteiger partial charge < -0.3 is 34.3 Å². The largest absolute Gasteiger partial charge is 0.358 e. The molecule has 19 nitrogen and oxygen atoms in total. The van der Waals surface area contributed by atoms with Gasteiger partial charge in [0, 0.05) is 65.1 Å². The molecule has 0 aliphatic carbocycles. The third kappa shape index (κ3) is 9.15. The Balaban J connectivity index is 0.794. The van der Waals surface area contributed by atoms with Crippen LogP contribution in [-0.4, -0.2) is 127 Å². The van der Waals surface area contributed by atoms with Crippen LogP contribution < -0.4 is 10.7 Å². The standard InChI is InChI=1S/C69H56N8O11/c78-66-46-17-29-58(82-37-46)74(66)33-38-1-9-42(10-2-38)62-47-18-20-49(70-47)63(43-11-3-39(4-12-43)34-75-59-30-26-55(67(75)79)83-86-59)51-22-24-53(72-51)65(45-15-7-41(8-16-45)36-77-61-32-28-57(69(77)81)85-88-61)54-25-23-52(73-54)64(50-21-19-48(62)71-50)44-13-5-40(6-14-44)35-76-60-31-27-56(68(76)80)84-87-60/h1-32,46,49,53,55-61,63,65,71,73H,33-37H2/b62-48?,64-50-. The summed E-state index contributed by atoms with van der Waals surface area (Å²) in [5, 5.41) is 1.69. The Morgan fingerprint density at radius 1 is 0.409 bits per heavy atom. The lowest BCUT2D eigenvalue weighted by Crippen LogP contribution is -2.53. The van der Waals surface area contributed by atoms with Gasteiger partial charge in [0.15, 0.2) is 43.2 Å². The van der Waals surface area contributed by atoms with E-state index in [1.807, 2.05) is 42.5 Å². The number of carbonyl (C=O) groups excluding carboxylic acids is 4. The average molecular weight is 1170 g/mol. The summed E-state index contributed by atoms with van der Waals surface area (Å²) < 4.78 is 5.97. The quantitative estimate of drug-likeness (QED) is 0.107. The van der Waals surface area contributed by atoms with E-state index < -0.39 is 43.2 Å². The van der Waals surface area contributed by atoms with Crippen molar-refractivity contribution in [2.45, 2.75) is 93.3 Å². The van der Waals surface area contributed by atoms with E-state index in [-0.39, 0.29) is 53.5 Å². The van der Waals surface area contributed by atoms with E-state index in [4.69, 9.17) is 44.0 Å². The number of H-pyrrole nitrogens is 2. The summed E-state index contributed by atoms with van der Waals surface area (Å²) in [6, 6.07) is 41.1. The van der Waals surface area contributed by atoms with Crippen LogP contribution in [0.3, 0.4) is 0 Å². The van der Waals surface area contributed by atoms with Crippen molar-refractivity contribution >= 4 is 46.2 Å². The number of amides is 4. The van der Waals surface area contributed by atoms with Gasteiger partial charge in [0.2, 0.25) is 5.91 Å². The SMILES string of the molecule is O=C1C2C=CC(OC2)N1Cc1ccc(C2=c3cc/c([nH]3)=C(\c3ccc(CN4C(=O)C5C=CC4OO5)cc3)c3ccc([nH]3)C(c3ccc(CN4C(=O)C5C=CC4OO5)cc3)C3C=CC(=N3)C(c3ccc(CN4C(=O)C5C=CC4OO5)cc3)C3C=CC2=N3)cc1. The van der Waals surface area contributed by atoms with Crippen molar-refractivity contribution in [1.82, 2.24) is 29.6 Å². The monoisotopic (exact) mass is 1170 g/mol. The number of allylic oxidation sites excluding steroid dienone is 2. The summed E-state index contributed by atoms with van der Waals surface area (Å²) in [4.78, 5) is 111. The van der Waals surface area contributed by atoms with Crippen molar-refractivity contribution in [3.8, 4) is 0 Å². The predicted molar refractivity (Wildman–Crippen MR) is 317 cm³/mol. The molecule has 15 aliphatic rings. The second-order valence-electron chi connectivity index (χ2n) is 23.7. The Labute approximate surface area is 503 Å². The van der Waals surface area contributed by atoms with Crippen LogP contribution in [0.4, 0.5) is 0 Å². The molecule has 4 aromatic carbocycles. The number of rotatable bonds is 12. The molecular formula is C69H56N8O11. The number of hydrogen-bond acceptors (Lipinski definition) is 13. The van der Waals surface area contributed by atoms with Crippen LogP contribution in [0.1, 0.15) is 67.7 Å². The summed E-state index contributed by atoms with van der Waals surface area (Å²) in [6.45, 7) is 1.82. The van der Waals surface area contributed by atoms with Gasteiger partial charge in [-0.3, -0.25) is 29.2 Å². The first kappa shape index (κ1) is 52.9. The normalized spacial score (nSPS) is 30.1. The van der Waals surface area contributed by atoms with Crippen LogP contribution in [0.15, 0.2) is 204 Å². The molecule has 4 fully saturated rings. The van der Waals surface area contributed by atoms with Gasteiger partial charge in [-0.05, 0) is 123 Å². The number of carbonyl (C=O) groups is 4. The van der Waals surface area contributed by atoms with Crippen LogP contribution in [-0.2, 0) is 79.4 Å². The number of hydrogen-bond donors (Lipinski definition) is 2. The highest BCUT2D eigenvalue weighted by Gasteiger charge is 2.43. The molecule has 2 N–H and O–H groups in total. The molecule has 19 heteroatoms. The number of aromatic amines is 2. The number of fused-ring (bicyclic) bond motifs is 14. The second-order valence-corrected chi connectivity index (χ2v) is 23.7. The lowest BCUT2D eigenvalue weighted by Gasteiger charge is -2.40. The van der Waals surface area contributed by atoms with Crippen molar-refractivity contribution < 1.29 is 53.2 Å². The average Bonchev–Trinajstić information content (AvgIpc) is 3.76. The minimum absolute atomic E-state index is 0.0694. The van der Waals surface area contributed by atoms with Gasteiger partial charge in [0.25, 0.3) is 17.7 Å². The fraction of sp³-hybridized carbons (Fsp3) is 0.246. The highest BCUT2D eigenvalue weighted by molar-refractivity contribution is 6.29. The molecule has 16 bridgehead atoms. The maximum atomic E-state index is 13.4. The number of ether oxygens (including phenoxy) is 1. The van der Waals surface area contributed by atoms with Crippen molar-refractivity contribution in [2.24, 2.45) is 15.9 Å². The third-order valence-electron chi connectivity index (χ3n) is 18.4. The summed E-state index contributed by atoms with van der Waals surface area (Å²) in [6.07, 6.45) is 18.8. The highest BCUT2D eigenvalue weighted by Crippen LogP contribution is 2.40. The first-order chi connectivity index (χ1) is 43.2.